The number of unbranched alkanes of at least 4 members (excludes halogenated alkanes) is 9. The number of rotatable bonds is 18. The molecular formula is C28H32N3O10S-. The van der Waals surface area contributed by atoms with Gasteiger partial charge in [0.2, 0.25) is 0 Å². The summed E-state index contributed by atoms with van der Waals surface area (Å²) in [6.07, 6.45) is 11.3. The van der Waals surface area contributed by atoms with Crippen molar-refractivity contribution >= 4 is 39.2 Å². The van der Waals surface area contributed by atoms with Crippen molar-refractivity contribution in [2.45, 2.75) is 77.6 Å². The van der Waals surface area contributed by atoms with Crippen molar-refractivity contribution in [1.82, 2.24) is 0 Å². The van der Waals surface area contributed by atoms with E-state index in [1.165, 1.54) is 38.2 Å². The van der Waals surface area contributed by atoms with Crippen molar-refractivity contribution in [3.8, 4) is 16.9 Å². The van der Waals surface area contributed by atoms with Crippen LogP contribution in [-0.4, -0.2) is 23.5 Å². The van der Waals surface area contributed by atoms with E-state index in [2.05, 4.69) is 16.1 Å². The van der Waals surface area contributed by atoms with E-state index in [4.69, 9.17) is 0 Å². The number of benzene rings is 3. The first-order chi connectivity index (χ1) is 20.2. The second-order valence-electron chi connectivity index (χ2n) is 9.84. The molecule has 0 aliphatic rings. The fourth-order valence-corrected chi connectivity index (χ4v) is 5.24. The van der Waals surface area contributed by atoms with E-state index in [9.17, 15) is 39.1 Å². The van der Waals surface area contributed by atoms with Crippen molar-refractivity contribution in [3.63, 3.8) is 0 Å². The highest BCUT2D eigenvalue weighted by molar-refractivity contribution is 7.73. The summed E-state index contributed by atoms with van der Waals surface area (Å²) in [6, 6.07) is 10.9. The van der Waals surface area contributed by atoms with Crippen molar-refractivity contribution in [2.75, 3.05) is 0 Å². The topological polar surface area (TPSA) is 188 Å². The third-order valence-corrected chi connectivity index (χ3v) is 7.23. The molecule has 0 heterocycles. The van der Waals surface area contributed by atoms with Gasteiger partial charge in [-0.2, -0.15) is 0 Å². The van der Waals surface area contributed by atoms with E-state index in [1.807, 2.05) is 12.1 Å². The molecule has 3 aromatic carbocycles. The maximum Gasteiger partial charge on any atom is 0.337 e. The summed E-state index contributed by atoms with van der Waals surface area (Å²) >= 11 is -3.36. The number of hydrogen-bond acceptors (Lipinski definition) is 10. The second kappa shape index (κ2) is 15.8. The first kappa shape index (κ1) is 32.5. The Morgan fingerprint density at radius 1 is 0.762 bits per heavy atom. The van der Waals surface area contributed by atoms with Crippen LogP contribution < -0.4 is 4.89 Å². The van der Waals surface area contributed by atoms with E-state index in [1.54, 1.807) is 18.2 Å². The first-order valence-corrected chi connectivity index (χ1v) is 14.8. The average molecular weight is 603 g/mol. The molecule has 13 nitrogen and oxygen atoms in total. The predicted molar refractivity (Wildman–Crippen MR) is 156 cm³/mol. The number of nitro benzene ring substituents is 3. The summed E-state index contributed by atoms with van der Waals surface area (Å²) in [6.45, 7) is 2.18. The molecule has 42 heavy (non-hydrogen) atoms. The van der Waals surface area contributed by atoms with Crippen molar-refractivity contribution in [3.05, 3.63) is 78.4 Å². The molecule has 0 spiro atoms. The van der Waals surface area contributed by atoms with Crippen LogP contribution >= 0.6 is 0 Å². The van der Waals surface area contributed by atoms with Crippen molar-refractivity contribution in [2.24, 2.45) is 0 Å². The van der Waals surface area contributed by atoms with E-state index in [-0.39, 0.29) is 5.56 Å². The fraction of sp³-hybridized carbons (Fsp3) is 0.429. The van der Waals surface area contributed by atoms with E-state index in [0.717, 1.165) is 31.1 Å². The molecule has 0 N–H and O–H groups in total. The smallest absolute Gasteiger partial charge is 0.337 e. The molecule has 3 rings (SSSR count). The minimum Gasteiger partial charge on any atom is -0.747 e. The SMILES string of the molecule is CCCCCCCCCCCCc1c(-c2c([N+](=O)[O-])cc([N+](=O)[O-])c(OOS(=O)[O-])c2[N+](=O)[O-])ccc2ccccc12. The molecule has 0 fully saturated rings. The number of fused-ring (bicyclic) bond motifs is 1. The van der Waals surface area contributed by atoms with Gasteiger partial charge in [-0.05, 0) is 34.7 Å². The van der Waals surface area contributed by atoms with E-state index >= 15 is 0 Å². The standard InChI is InChI=1S/C28H33N3O10S/c1-2-3-4-5-6-7-8-9-10-11-16-22-21-15-13-12-14-20(21)17-18-23(22)26-24(29(32)33)19-25(30(34)35)28(27(26)31(36)37)40-41-42(38)39/h12-15,17-19H,2-11,16H2,1H3,(H,38,39)/p-1. The third kappa shape index (κ3) is 8.27. The van der Waals surface area contributed by atoms with Gasteiger partial charge in [-0.15, -0.1) is 0 Å². The Kier molecular flexibility index (Phi) is 12.3. The average Bonchev–Trinajstić information content (AvgIpc) is 2.95. The lowest BCUT2D eigenvalue weighted by Gasteiger charge is -2.15. The van der Waals surface area contributed by atoms with Crippen LogP contribution in [0.25, 0.3) is 21.9 Å². The molecule has 0 saturated heterocycles. The van der Waals surface area contributed by atoms with Gasteiger partial charge >= 0.3 is 17.1 Å². The molecule has 0 aliphatic heterocycles. The Balaban J connectivity index is 2.07. The number of hydrogen-bond donors (Lipinski definition) is 0. The van der Waals surface area contributed by atoms with Gasteiger partial charge in [-0.1, -0.05) is 105 Å². The number of aryl methyl sites for hydroxylation is 1. The summed E-state index contributed by atoms with van der Waals surface area (Å²) in [5, 5.41) is 37.6. The molecular weight excluding hydrogens is 570 g/mol. The van der Waals surface area contributed by atoms with Crippen LogP contribution in [0.3, 0.4) is 0 Å². The van der Waals surface area contributed by atoms with E-state index in [0.29, 0.717) is 29.9 Å². The van der Waals surface area contributed by atoms with Crippen LogP contribution in [0.4, 0.5) is 17.1 Å². The van der Waals surface area contributed by atoms with E-state index < -0.39 is 54.5 Å². The normalized spacial score (nSPS) is 11.9. The molecule has 0 saturated carbocycles. The Labute approximate surface area is 244 Å². The van der Waals surface area contributed by atoms with Crippen LogP contribution in [0.5, 0.6) is 5.75 Å². The summed E-state index contributed by atoms with van der Waals surface area (Å²) in [7, 11) is 0. The van der Waals surface area contributed by atoms with Crippen LogP contribution in [0.2, 0.25) is 0 Å². The zero-order valence-electron chi connectivity index (χ0n) is 23.2. The molecule has 14 heteroatoms. The Hall–Kier alpha value is -4.01. The maximum absolute atomic E-state index is 12.3. The maximum atomic E-state index is 12.3. The van der Waals surface area contributed by atoms with Gasteiger partial charge in [-0.3, -0.25) is 30.3 Å². The molecule has 0 amide bonds. The molecule has 0 aliphatic carbocycles. The largest absolute Gasteiger partial charge is 0.747 e. The number of nitrogens with zero attached hydrogens (tertiary/aromatic N) is 3. The highest BCUT2D eigenvalue weighted by atomic mass is 32.2. The highest BCUT2D eigenvalue weighted by Gasteiger charge is 2.40. The summed E-state index contributed by atoms with van der Waals surface area (Å²) in [4.78, 5) is 37.5. The summed E-state index contributed by atoms with van der Waals surface area (Å²) in [5.41, 5.74) is -3.08. The predicted octanol–water partition coefficient (Wildman–Crippen LogP) is 7.80. The van der Waals surface area contributed by atoms with Gasteiger partial charge in [-0.25, -0.2) is 4.21 Å². The minimum atomic E-state index is -3.36. The zero-order chi connectivity index (χ0) is 30.6. The van der Waals surface area contributed by atoms with Gasteiger partial charge in [0.15, 0.2) is 0 Å². The summed E-state index contributed by atoms with van der Waals surface area (Å²) in [5.74, 6) is -1.17. The molecule has 1 unspecified atom stereocenters. The molecule has 3 aromatic rings. The fourth-order valence-electron chi connectivity index (χ4n) is 5.12. The minimum absolute atomic E-state index is 0.117. The first-order valence-electron chi connectivity index (χ1n) is 13.8. The van der Waals surface area contributed by atoms with Crippen LogP contribution in [-0.2, 0) is 22.1 Å². The Morgan fingerprint density at radius 2 is 1.36 bits per heavy atom. The molecule has 0 aromatic heterocycles. The quantitative estimate of drug-likeness (QED) is 0.0456. The third-order valence-electron chi connectivity index (χ3n) is 7.05. The Morgan fingerprint density at radius 3 is 1.93 bits per heavy atom. The van der Waals surface area contributed by atoms with Gasteiger partial charge < -0.3 is 9.44 Å². The summed E-state index contributed by atoms with van der Waals surface area (Å²) < 4.78 is 25.9. The Bertz CT molecular complexity index is 1460. The van der Waals surface area contributed by atoms with Gasteiger partial charge in [0.1, 0.15) is 16.9 Å². The monoisotopic (exact) mass is 602 g/mol. The number of nitro groups is 3. The molecule has 226 valence electrons. The highest BCUT2D eigenvalue weighted by Crippen LogP contribution is 2.51. The van der Waals surface area contributed by atoms with Gasteiger partial charge in [0, 0.05) is 0 Å². The molecule has 0 radical (unpaired) electrons. The lowest BCUT2D eigenvalue weighted by atomic mass is 9.89. The van der Waals surface area contributed by atoms with Gasteiger partial charge in [0.05, 0.1) is 20.8 Å². The lowest BCUT2D eigenvalue weighted by molar-refractivity contribution is -0.405. The van der Waals surface area contributed by atoms with Crippen molar-refractivity contribution < 1.29 is 32.8 Å². The van der Waals surface area contributed by atoms with Crippen LogP contribution in [0.1, 0.15) is 76.7 Å². The lowest BCUT2D eigenvalue weighted by Crippen LogP contribution is -2.08. The van der Waals surface area contributed by atoms with Crippen LogP contribution in [0.15, 0.2) is 42.5 Å². The molecule has 0 bridgehead atoms. The molecule has 1 atom stereocenters. The van der Waals surface area contributed by atoms with Crippen LogP contribution in [0, 0.1) is 30.3 Å². The zero-order valence-corrected chi connectivity index (χ0v) is 24.0. The second-order valence-corrected chi connectivity index (χ2v) is 10.4. The van der Waals surface area contributed by atoms with Gasteiger partial charge in [0.25, 0.3) is 5.69 Å². The van der Waals surface area contributed by atoms with Crippen molar-refractivity contribution in [1.29, 1.82) is 0 Å².